The third-order valence-corrected chi connectivity index (χ3v) is 5.64. The highest BCUT2D eigenvalue weighted by atomic mass is 35.5. The number of aromatic nitrogens is 1. The molecule has 1 atom stereocenters. The standard InChI is InChI=1S/C24H18ClN3O3/c1-30-17-10-8-15(9-11-17)20-14-21(28(27-20)24(29)22-7-4-12-31-22)18-13-16-5-2-3-6-19(16)26-23(18)25/h2-13,21H,14H2,1H3/t21-/m1/s1. The molecule has 0 saturated carbocycles. The molecule has 0 N–H and O–H groups in total. The summed E-state index contributed by atoms with van der Waals surface area (Å²) in [6.45, 7) is 0. The minimum Gasteiger partial charge on any atom is -0.497 e. The van der Waals surface area contributed by atoms with E-state index in [9.17, 15) is 4.79 Å². The number of hydrazone groups is 1. The highest BCUT2D eigenvalue weighted by molar-refractivity contribution is 6.30. The maximum Gasteiger partial charge on any atom is 0.310 e. The molecule has 1 aliphatic rings. The Morgan fingerprint density at radius 2 is 1.94 bits per heavy atom. The van der Waals surface area contributed by atoms with Gasteiger partial charge in [0.15, 0.2) is 5.76 Å². The number of furan rings is 1. The molecule has 0 aliphatic carbocycles. The van der Waals surface area contributed by atoms with Gasteiger partial charge in [-0.3, -0.25) is 4.79 Å². The molecule has 5 rings (SSSR count). The monoisotopic (exact) mass is 431 g/mol. The SMILES string of the molecule is COc1ccc(C2=NN(C(=O)c3ccco3)[C@@H](c3cc4ccccc4nc3Cl)C2)cc1. The summed E-state index contributed by atoms with van der Waals surface area (Å²) in [7, 11) is 1.62. The summed E-state index contributed by atoms with van der Waals surface area (Å²) >= 11 is 6.57. The van der Waals surface area contributed by atoms with E-state index in [0.29, 0.717) is 11.6 Å². The van der Waals surface area contributed by atoms with Crippen molar-refractivity contribution in [3.63, 3.8) is 0 Å². The molecule has 0 spiro atoms. The van der Waals surface area contributed by atoms with Crippen molar-refractivity contribution < 1.29 is 13.9 Å². The van der Waals surface area contributed by atoms with Crippen molar-refractivity contribution in [3.8, 4) is 5.75 Å². The third kappa shape index (κ3) is 3.55. The van der Waals surface area contributed by atoms with Gasteiger partial charge in [0.25, 0.3) is 0 Å². The van der Waals surface area contributed by atoms with Crippen LogP contribution in [0.5, 0.6) is 5.75 Å². The Morgan fingerprint density at radius 3 is 2.68 bits per heavy atom. The van der Waals surface area contributed by atoms with Gasteiger partial charge in [0, 0.05) is 17.4 Å². The molecule has 1 amide bonds. The topological polar surface area (TPSA) is 67.9 Å². The minimum absolute atomic E-state index is 0.217. The Kier molecular flexibility index (Phi) is 4.92. The number of hydrogen-bond donors (Lipinski definition) is 0. The van der Waals surface area contributed by atoms with Crippen molar-refractivity contribution >= 4 is 34.1 Å². The largest absolute Gasteiger partial charge is 0.497 e. The van der Waals surface area contributed by atoms with Gasteiger partial charge >= 0.3 is 5.91 Å². The average molecular weight is 432 g/mol. The van der Waals surface area contributed by atoms with Crippen LogP contribution >= 0.6 is 11.6 Å². The van der Waals surface area contributed by atoms with E-state index in [1.54, 1.807) is 19.2 Å². The van der Waals surface area contributed by atoms with Crippen molar-refractivity contribution in [2.75, 3.05) is 7.11 Å². The van der Waals surface area contributed by atoms with E-state index in [0.717, 1.165) is 33.5 Å². The summed E-state index contributed by atoms with van der Waals surface area (Å²) in [6.07, 6.45) is 1.97. The third-order valence-electron chi connectivity index (χ3n) is 5.34. The van der Waals surface area contributed by atoms with Crippen LogP contribution in [0.1, 0.15) is 34.1 Å². The second-order valence-electron chi connectivity index (χ2n) is 7.18. The normalized spacial score (nSPS) is 15.9. The zero-order valence-electron chi connectivity index (χ0n) is 16.7. The second-order valence-corrected chi connectivity index (χ2v) is 7.54. The number of nitrogens with zero attached hydrogens (tertiary/aromatic N) is 3. The predicted octanol–water partition coefficient (Wildman–Crippen LogP) is 5.48. The van der Waals surface area contributed by atoms with Crippen LogP contribution < -0.4 is 4.74 Å². The Morgan fingerprint density at radius 1 is 1.13 bits per heavy atom. The van der Waals surface area contributed by atoms with E-state index >= 15 is 0 Å². The lowest BCUT2D eigenvalue weighted by molar-refractivity contribution is 0.0678. The summed E-state index contributed by atoms with van der Waals surface area (Å²) in [6, 6.07) is 20.2. The first-order valence-electron chi connectivity index (χ1n) is 9.78. The van der Waals surface area contributed by atoms with E-state index in [2.05, 4.69) is 10.1 Å². The predicted molar refractivity (Wildman–Crippen MR) is 119 cm³/mol. The molecule has 7 heteroatoms. The zero-order chi connectivity index (χ0) is 21.4. The van der Waals surface area contributed by atoms with E-state index in [-0.39, 0.29) is 11.7 Å². The van der Waals surface area contributed by atoms with Gasteiger partial charge in [-0.15, -0.1) is 0 Å². The molecule has 3 heterocycles. The van der Waals surface area contributed by atoms with Gasteiger partial charge in [-0.25, -0.2) is 9.99 Å². The summed E-state index contributed by atoms with van der Waals surface area (Å²) in [5.41, 5.74) is 3.23. The molecule has 31 heavy (non-hydrogen) atoms. The highest BCUT2D eigenvalue weighted by Gasteiger charge is 2.36. The van der Waals surface area contributed by atoms with Crippen LogP contribution in [0.3, 0.4) is 0 Å². The van der Waals surface area contributed by atoms with Crippen LogP contribution in [-0.4, -0.2) is 28.7 Å². The van der Waals surface area contributed by atoms with Gasteiger partial charge in [0.1, 0.15) is 10.9 Å². The summed E-state index contributed by atoms with van der Waals surface area (Å²) in [4.78, 5) is 17.7. The lowest BCUT2D eigenvalue weighted by Crippen LogP contribution is -2.27. The fourth-order valence-corrected chi connectivity index (χ4v) is 4.02. The van der Waals surface area contributed by atoms with Crippen LogP contribution in [0.2, 0.25) is 5.15 Å². The molecule has 2 aromatic carbocycles. The minimum atomic E-state index is -0.403. The first-order valence-corrected chi connectivity index (χ1v) is 10.2. The second kappa shape index (κ2) is 7.89. The number of hydrogen-bond acceptors (Lipinski definition) is 5. The Hall–Kier alpha value is -3.64. The average Bonchev–Trinajstić information content (AvgIpc) is 3.49. The molecule has 1 aliphatic heterocycles. The number of methoxy groups -OCH3 is 1. The number of para-hydroxylation sites is 1. The zero-order valence-corrected chi connectivity index (χ0v) is 17.4. The number of halogens is 1. The van der Waals surface area contributed by atoms with Crippen LogP contribution in [-0.2, 0) is 0 Å². The van der Waals surface area contributed by atoms with Crippen molar-refractivity contribution in [1.29, 1.82) is 0 Å². The fraction of sp³-hybridized carbons (Fsp3) is 0.125. The Labute approximate surface area is 183 Å². The smallest absolute Gasteiger partial charge is 0.310 e. The molecule has 6 nitrogen and oxygen atoms in total. The number of carbonyl (C=O) groups is 1. The van der Waals surface area contributed by atoms with Crippen molar-refractivity contribution in [2.45, 2.75) is 12.5 Å². The number of fused-ring (bicyclic) bond motifs is 1. The van der Waals surface area contributed by atoms with E-state index in [4.69, 9.17) is 20.8 Å². The maximum absolute atomic E-state index is 13.2. The Balaban J connectivity index is 1.58. The quantitative estimate of drug-likeness (QED) is 0.401. The molecule has 0 saturated heterocycles. The highest BCUT2D eigenvalue weighted by Crippen LogP contribution is 2.38. The Bertz CT molecular complexity index is 1280. The number of pyridine rings is 1. The molecule has 154 valence electrons. The summed E-state index contributed by atoms with van der Waals surface area (Å²) in [5, 5.41) is 7.41. The van der Waals surface area contributed by atoms with Gasteiger partial charge in [-0.2, -0.15) is 5.10 Å². The van der Waals surface area contributed by atoms with Crippen LogP contribution in [0.4, 0.5) is 0 Å². The van der Waals surface area contributed by atoms with Gasteiger partial charge < -0.3 is 9.15 Å². The molecular formula is C24H18ClN3O3. The first kappa shape index (κ1) is 19.3. The number of ether oxygens (including phenoxy) is 1. The molecule has 0 unspecified atom stereocenters. The maximum atomic E-state index is 13.2. The number of rotatable bonds is 4. The van der Waals surface area contributed by atoms with Crippen LogP contribution in [0.25, 0.3) is 10.9 Å². The van der Waals surface area contributed by atoms with Crippen molar-refractivity contribution in [1.82, 2.24) is 9.99 Å². The molecule has 0 radical (unpaired) electrons. The lowest BCUT2D eigenvalue weighted by Gasteiger charge is -2.22. The van der Waals surface area contributed by atoms with Gasteiger partial charge in [-0.05, 0) is 54.1 Å². The van der Waals surface area contributed by atoms with Gasteiger partial charge in [0.05, 0.1) is 30.6 Å². The number of benzene rings is 2. The number of carbonyl (C=O) groups excluding carboxylic acids is 1. The van der Waals surface area contributed by atoms with Gasteiger partial charge in [0.2, 0.25) is 0 Å². The van der Waals surface area contributed by atoms with Crippen molar-refractivity contribution in [2.24, 2.45) is 5.10 Å². The first-order chi connectivity index (χ1) is 15.1. The molecular weight excluding hydrogens is 414 g/mol. The fourth-order valence-electron chi connectivity index (χ4n) is 3.75. The van der Waals surface area contributed by atoms with Crippen LogP contribution in [0, 0.1) is 0 Å². The summed E-state index contributed by atoms with van der Waals surface area (Å²) in [5.74, 6) is 0.640. The van der Waals surface area contributed by atoms with E-state index < -0.39 is 6.04 Å². The molecule has 4 aromatic rings. The molecule has 0 fully saturated rings. The lowest BCUT2D eigenvalue weighted by atomic mass is 9.98. The van der Waals surface area contributed by atoms with E-state index in [1.807, 2.05) is 54.6 Å². The van der Waals surface area contributed by atoms with Crippen LogP contribution in [0.15, 0.2) is 82.5 Å². The molecule has 2 aromatic heterocycles. The van der Waals surface area contributed by atoms with Crippen molar-refractivity contribution in [3.05, 3.63) is 95.0 Å². The number of amides is 1. The molecule has 0 bridgehead atoms. The van der Waals surface area contributed by atoms with E-state index in [1.165, 1.54) is 11.3 Å². The summed E-state index contributed by atoms with van der Waals surface area (Å²) < 4.78 is 10.6. The van der Waals surface area contributed by atoms with Gasteiger partial charge in [-0.1, -0.05) is 29.8 Å².